The van der Waals surface area contributed by atoms with E-state index < -0.39 is 0 Å². The molecule has 4 aromatic carbocycles. The summed E-state index contributed by atoms with van der Waals surface area (Å²) in [6, 6.07) is 38.6. The lowest BCUT2D eigenvalue weighted by molar-refractivity contribution is 0.648. The van der Waals surface area contributed by atoms with Crippen LogP contribution in [0.2, 0.25) is 0 Å². The summed E-state index contributed by atoms with van der Waals surface area (Å²) < 4.78 is 12.8. The summed E-state index contributed by atoms with van der Waals surface area (Å²) in [5.41, 5.74) is 12.2. The van der Waals surface area contributed by atoms with Gasteiger partial charge in [-0.15, -0.1) is 0 Å². The van der Waals surface area contributed by atoms with E-state index >= 15 is 0 Å². The quantitative estimate of drug-likeness (QED) is 0.157. The highest BCUT2D eigenvalue weighted by atomic mass is 16.3. The first-order valence-corrected chi connectivity index (χ1v) is 17.4. The van der Waals surface area contributed by atoms with Crippen molar-refractivity contribution in [2.45, 2.75) is 26.7 Å². The van der Waals surface area contributed by atoms with Gasteiger partial charge in [-0.05, 0) is 87.4 Å². The number of hydrogen-bond acceptors (Lipinski definition) is 8. The molecular formula is C42H36N6O2. The van der Waals surface area contributed by atoms with Crippen molar-refractivity contribution in [2.24, 2.45) is 0 Å². The SMILES string of the molecule is Cc1ccc2c(n1)oc1c(N3CN(CCCCN4CN(c5cccc6c5oc5nc(C)ccc56)c5ccccc54)c4ccccc43)cccc12. The van der Waals surface area contributed by atoms with Gasteiger partial charge in [-0.1, -0.05) is 48.5 Å². The van der Waals surface area contributed by atoms with Crippen LogP contribution in [0.15, 0.2) is 118 Å². The van der Waals surface area contributed by atoms with E-state index in [9.17, 15) is 0 Å². The van der Waals surface area contributed by atoms with Gasteiger partial charge in [-0.25, -0.2) is 9.97 Å². The van der Waals surface area contributed by atoms with Crippen LogP contribution in [-0.4, -0.2) is 36.4 Å². The Balaban J connectivity index is 0.874. The molecule has 0 saturated heterocycles. The lowest BCUT2D eigenvalue weighted by Gasteiger charge is -2.24. The van der Waals surface area contributed by atoms with Gasteiger partial charge < -0.3 is 28.4 Å². The first-order chi connectivity index (χ1) is 24.6. The molecule has 246 valence electrons. The fourth-order valence-corrected chi connectivity index (χ4v) is 7.90. The third kappa shape index (κ3) is 4.51. The highest BCUT2D eigenvalue weighted by molar-refractivity contribution is 6.10. The molecule has 0 N–H and O–H groups in total. The Labute approximate surface area is 289 Å². The monoisotopic (exact) mass is 656 g/mol. The van der Waals surface area contributed by atoms with E-state index in [-0.39, 0.29) is 0 Å². The van der Waals surface area contributed by atoms with Crippen molar-refractivity contribution in [2.75, 3.05) is 46.0 Å². The normalized spacial score (nSPS) is 14.2. The van der Waals surface area contributed by atoms with Gasteiger partial charge in [0.1, 0.15) is 0 Å². The molecule has 0 saturated carbocycles. The molecule has 0 spiro atoms. The lowest BCUT2D eigenvalue weighted by Crippen LogP contribution is -2.31. The number of furan rings is 2. The molecule has 6 heterocycles. The van der Waals surface area contributed by atoms with Gasteiger partial charge in [0.2, 0.25) is 11.4 Å². The van der Waals surface area contributed by atoms with Gasteiger partial charge >= 0.3 is 0 Å². The van der Waals surface area contributed by atoms with Gasteiger partial charge in [-0.3, -0.25) is 0 Å². The number of fused-ring (bicyclic) bond motifs is 8. The molecule has 0 aliphatic carbocycles. The van der Waals surface area contributed by atoms with Crippen molar-refractivity contribution >= 4 is 78.3 Å². The highest BCUT2D eigenvalue weighted by Crippen LogP contribution is 2.46. The summed E-state index contributed by atoms with van der Waals surface area (Å²) in [5, 5.41) is 4.31. The van der Waals surface area contributed by atoms with E-state index in [2.05, 4.69) is 139 Å². The number of hydrogen-bond donors (Lipinski definition) is 0. The summed E-state index contributed by atoms with van der Waals surface area (Å²) in [7, 11) is 0. The first kappa shape index (κ1) is 28.9. The molecule has 0 fully saturated rings. The van der Waals surface area contributed by atoms with Gasteiger partial charge in [0.15, 0.2) is 11.2 Å². The van der Waals surface area contributed by atoms with Crippen LogP contribution in [-0.2, 0) is 0 Å². The number of para-hydroxylation sites is 6. The Bertz CT molecular complexity index is 2410. The number of aryl methyl sites for hydroxylation is 2. The van der Waals surface area contributed by atoms with Crippen LogP contribution in [0.5, 0.6) is 0 Å². The summed E-state index contributed by atoms with van der Waals surface area (Å²) in [6.07, 6.45) is 2.14. The average Bonchev–Trinajstić information content (AvgIpc) is 3.90. The smallest absolute Gasteiger partial charge is 0.227 e. The minimum atomic E-state index is 0.695. The van der Waals surface area contributed by atoms with Crippen LogP contribution in [0.4, 0.5) is 34.1 Å². The summed E-state index contributed by atoms with van der Waals surface area (Å²) in [6.45, 7) is 7.49. The Hall–Kier alpha value is -6.02. The van der Waals surface area contributed by atoms with E-state index in [0.717, 1.165) is 94.7 Å². The zero-order chi connectivity index (χ0) is 33.3. The predicted octanol–water partition coefficient (Wildman–Crippen LogP) is 10.2. The molecule has 10 rings (SSSR count). The Morgan fingerprint density at radius 1 is 0.460 bits per heavy atom. The van der Waals surface area contributed by atoms with Crippen molar-refractivity contribution in [1.29, 1.82) is 0 Å². The van der Waals surface area contributed by atoms with Gasteiger partial charge in [-0.2, -0.15) is 0 Å². The summed E-state index contributed by atoms with van der Waals surface area (Å²) in [4.78, 5) is 19.1. The predicted molar refractivity (Wildman–Crippen MR) is 203 cm³/mol. The zero-order valence-corrected chi connectivity index (χ0v) is 28.1. The second kappa shape index (κ2) is 11.3. The standard InChI is InChI=1S/C42H36N6O2/c1-27-19-21-31-29-11-9-17-37(39(29)49-41(31)43-27)47-25-45(33-13-3-5-15-35(33)47)23-7-8-24-46-26-48(36-16-6-4-14-34(36)46)38-18-10-12-30-32-22-20-28(2)44-42(32)50-40(30)38/h3-6,9-22H,7-8,23-26H2,1-2H3. The van der Waals surface area contributed by atoms with Crippen LogP contribution in [0.25, 0.3) is 44.1 Å². The molecule has 4 aromatic heterocycles. The van der Waals surface area contributed by atoms with E-state index in [0.29, 0.717) is 11.4 Å². The van der Waals surface area contributed by atoms with Crippen LogP contribution < -0.4 is 19.6 Å². The number of anilines is 6. The van der Waals surface area contributed by atoms with Crippen molar-refractivity contribution in [1.82, 2.24) is 9.97 Å². The fourth-order valence-electron chi connectivity index (χ4n) is 7.90. The van der Waals surface area contributed by atoms with Gasteiger partial charge in [0.25, 0.3) is 0 Å². The molecule has 0 bridgehead atoms. The molecule has 50 heavy (non-hydrogen) atoms. The topological polar surface area (TPSA) is 65.0 Å². The maximum absolute atomic E-state index is 6.41. The Morgan fingerprint density at radius 2 is 0.880 bits per heavy atom. The van der Waals surface area contributed by atoms with Crippen molar-refractivity contribution in [3.05, 3.63) is 121 Å². The molecule has 0 unspecified atom stereocenters. The summed E-state index contributed by atoms with van der Waals surface area (Å²) in [5.74, 6) is 0. The zero-order valence-electron chi connectivity index (χ0n) is 28.1. The maximum atomic E-state index is 6.41. The number of unbranched alkanes of at least 4 members (excludes halogenated alkanes) is 1. The molecule has 0 amide bonds. The number of rotatable bonds is 7. The maximum Gasteiger partial charge on any atom is 0.227 e. The molecule has 8 heteroatoms. The number of pyridine rings is 2. The van der Waals surface area contributed by atoms with Gasteiger partial charge in [0.05, 0.1) is 47.5 Å². The van der Waals surface area contributed by atoms with Gasteiger partial charge in [0, 0.05) is 46.0 Å². The number of aromatic nitrogens is 2. The fraction of sp³-hybridized carbons (Fsp3) is 0.190. The third-order valence-electron chi connectivity index (χ3n) is 10.3. The largest absolute Gasteiger partial charge is 0.435 e. The van der Waals surface area contributed by atoms with Crippen molar-refractivity contribution < 1.29 is 8.83 Å². The van der Waals surface area contributed by atoms with E-state index in [4.69, 9.17) is 8.83 Å². The first-order valence-electron chi connectivity index (χ1n) is 17.4. The molecule has 2 aliphatic heterocycles. The number of nitrogens with zero attached hydrogens (tertiary/aromatic N) is 6. The summed E-state index contributed by atoms with van der Waals surface area (Å²) >= 11 is 0. The number of benzene rings is 4. The van der Waals surface area contributed by atoms with Crippen LogP contribution in [0.1, 0.15) is 24.2 Å². The molecule has 2 aliphatic rings. The van der Waals surface area contributed by atoms with Crippen LogP contribution >= 0.6 is 0 Å². The third-order valence-corrected chi connectivity index (χ3v) is 10.3. The molecule has 8 nitrogen and oxygen atoms in total. The average molecular weight is 657 g/mol. The van der Waals surface area contributed by atoms with E-state index in [1.54, 1.807) is 0 Å². The van der Waals surface area contributed by atoms with Crippen molar-refractivity contribution in [3.8, 4) is 0 Å². The van der Waals surface area contributed by atoms with Crippen LogP contribution in [0, 0.1) is 13.8 Å². The molecule has 8 aromatic rings. The highest BCUT2D eigenvalue weighted by Gasteiger charge is 2.31. The molecular weight excluding hydrogens is 621 g/mol. The van der Waals surface area contributed by atoms with E-state index in [1.807, 2.05) is 13.8 Å². The Morgan fingerprint density at radius 3 is 1.34 bits per heavy atom. The molecule has 0 radical (unpaired) electrons. The van der Waals surface area contributed by atoms with Crippen LogP contribution in [0.3, 0.4) is 0 Å². The minimum Gasteiger partial charge on any atom is -0.435 e. The second-order valence-electron chi connectivity index (χ2n) is 13.5. The molecule has 0 atom stereocenters. The Kier molecular flexibility index (Phi) is 6.52. The second-order valence-corrected chi connectivity index (χ2v) is 13.5. The van der Waals surface area contributed by atoms with Crippen molar-refractivity contribution in [3.63, 3.8) is 0 Å². The minimum absolute atomic E-state index is 0.695. The van der Waals surface area contributed by atoms with E-state index in [1.165, 1.54) is 22.7 Å². The lowest BCUT2D eigenvalue weighted by atomic mass is 10.1.